The van der Waals surface area contributed by atoms with Gasteiger partial charge in [0.15, 0.2) is 0 Å². The summed E-state index contributed by atoms with van der Waals surface area (Å²) >= 11 is 0. The molecule has 0 bridgehead atoms. The molecule has 0 amide bonds. The van der Waals surface area contributed by atoms with Gasteiger partial charge in [0.2, 0.25) is 0 Å². The lowest BCUT2D eigenvalue weighted by Gasteiger charge is -2.12. The Labute approximate surface area is 193 Å². The van der Waals surface area contributed by atoms with Crippen molar-refractivity contribution in [2.45, 2.75) is 33.4 Å². The minimum Gasteiger partial charge on any atom is -0.456 e. The molecule has 0 saturated carbocycles. The van der Waals surface area contributed by atoms with Crippen LogP contribution >= 0.6 is 0 Å². The Kier molecular flexibility index (Phi) is 3.40. The molecule has 2 nitrogen and oxygen atoms in total. The van der Waals surface area contributed by atoms with Crippen molar-refractivity contribution in [1.82, 2.24) is 4.98 Å². The first-order chi connectivity index (χ1) is 17.8. The zero-order chi connectivity index (χ0) is 27.5. The maximum Gasteiger partial charge on any atom is 0.138 e. The van der Waals surface area contributed by atoms with Gasteiger partial charge in [-0.3, -0.25) is 4.98 Å². The van der Waals surface area contributed by atoms with E-state index in [1.807, 2.05) is 36.4 Å². The Morgan fingerprint density at radius 1 is 0.935 bits per heavy atom. The van der Waals surface area contributed by atoms with Crippen LogP contribution in [-0.4, -0.2) is 4.98 Å². The van der Waals surface area contributed by atoms with E-state index in [1.165, 1.54) is 12.3 Å². The molecule has 154 valence electrons. The second-order valence-electron chi connectivity index (χ2n) is 7.90. The molecule has 2 heterocycles. The molecular weight excluding hydrogens is 378 g/mol. The molecule has 0 unspecified atom stereocenters. The zero-order valence-electron chi connectivity index (χ0n) is 24.4. The number of aromatic nitrogens is 1. The number of fused-ring (bicyclic) bond motifs is 3. The smallest absolute Gasteiger partial charge is 0.138 e. The molecule has 0 aliphatic rings. The molecule has 0 aliphatic heterocycles. The Balaban J connectivity index is 1.82. The average molecular weight is 413 g/mol. The molecular formula is C29H27NO. The van der Waals surface area contributed by atoms with E-state index in [0.29, 0.717) is 38.9 Å². The zero-order valence-corrected chi connectivity index (χ0v) is 17.4. The van der Waals surface area contributed by atoms with Gasteiger partial charge in [-0.05, 0) is 60.1 Å². The van der Waals surface area contributed by atoms with Gasteiger partial charge in [0.05, 0.1) is 5.69 Å². The van der Waals surface area contributed by atoms with E-state index >= 15 is 0 Å². The van der Waals surface area contributed by atoms with Crippen molar-refractivity contribution < 1.29 is 14.0 Å². The van der Waals surface area contributed by atoms with Crippen molar-refractivity contribution in [1.29, 1.82) is 0 Å². The van der Waals surface area contributed by atoms with Gasteiger partial charge in [-0.1, -0.05) is 62.4 Å². The second-order valence-corrected chi connectivity index (χ2v) is 7.90. The van der Waals surface area contributed by atoms with Crippen LogP contribution in [-0.2, 0) is 12.7 Å². The summed E-state index contributed by atoms with van der Waals surface area (Å²) in [5, 5.41) is 1.51. The fourth-order valence-corrected chi connectivity index (χ4v) is 3.79. The molecule has 0 spiro atoms. The Morgan fingerprint density at radius 2 is 1.74 bits per heavy atom. The molecule has 5 aromatic rings. The van der Waals surface area contributed by atoms with Crippen LogP contribution in [0.25, 0.3) is 33.2 Å². The van der Waals surface area contributed by atoms with Crippen LogP contribution in [0, 0.1) is 12.8 Å². The van der Waals surface area contributed by atoms with Crippen molar-refractivity contribution in [2.24, 2.45) is 5.92 Å². The van der Waals surface area contributed by atoms with Crippen LogP contribution < -0.4 is 0 Å². The third-order valence-electron chi connectivity index (χ3n) is 5.17. The third kappa shape index (κ3) is 3.86. The highest BCUT2D eigenvalue weighted by Gasteiger charge is 2.15. The van der Waals surface area contributed by atoms with Crippen LogP contribution in [0.4, 0.5) is 0 Å². The van der Waals surface area contributed by atoms with Gasteiger partial charge in [-0.15, -0.1) is 0 Å². The van der Waals surface area contributed by atoms with E-state index in [9.17, 15) is 0 Å². The maximum atomic E-state index is 9.09. The Hall–Kier alpha value is -3.39. The van der Waals surface area contributed by atoms with E-state index in [4.69, 9.17) is 14.0 Å². The van der Waals surface area contributed by atoms with Crippen LogP contribution in [0.3, 0.4) is 0 Å². The molecule has 0 saturated heterocycles. The lowest BCUT2D eigenvalue weighted by molar-refractivity contribution is 0.644. The number of furan rings is 1. The quantitative estimate of drug-likeness (QED) is 0.295. The average Bonchev–Trinajstić information content (AvgIpc) is 3.26. The van der Waals surface area contributed by atoms with Gasteiger partial charge in [-0.2, -0.15) is 0 Å². The molecule has 0 atom stereocenters. The normalized spacial score (nSPS) is 16.3. The van der Waals surface area contributed by atoms with Crippen LogP contribution in [0.5, 0.6) is 0 Å². The molecule has 2 heteroatoms. The van der Waals surface area contributed by atoms with Crippen molar-refractivity contribution in [3.63, 3.8) is 0 Å². The monoisotopic (exact) mass is 412 g/mol. The standard InChI is InChI=1S/C29H27NO/c1-19(2)13-22-17-27(30-18-20(22)3)23-15-24(14-21-9-5-4-6-10-21)29-26(16-23)25-11-7-8-12-28(25)31-29/h4-12,15-19H,13-14H2,1-3H3/i3D3,13D2,14D2. The van der Waals surface area contributed by atoms with Gasteiger partial charge in [0.25, 0.3) is 0 Å². The van der Waals surface area contributed by atoms with E-state index in [1.54, 1.807) is 44.2 Å². The Bertz CT molecular complexity index is 1640. The number of pyridine rings is 1. The van der Waals surface area contributed by atoms with E-state index in [2.05, 4.69) is 4.98 Å². The lowest BCUT2D eigenvalue weighted by Crippen LogP contribution is -1.99. The maximum absolute atomic E-state index is 9.09. The molecule has 2 aromatic heterocycles. The lowest BCUT2D eigenvalue weighted by atomic mass is 9.95. The minimum absolute atomic E-state index is 0.0577. The van der Waals surface area contributed by atoms with Gasteiger partial charge in [0.1, 0.15) is 11.2 Å². The summed E-state index contributed by atoms with van der Waals surface area (Å²) in [6.07, 6.45) is -2.62. The number of aryl methyl sites for hydroxylation is 1. The Morgan fingerprint density at radius 3 is 2.55 bits per heavy atom. The largest absolute Gasteiger partial charge is 0.456 e. The first kappa shape index (κ1) is 13.1. The minimum atomic E-state index is -2.54. The predicted octanol–water partition coefficient (Wildman–Crippen LogP) is 7.75. The van der Waals surface area contributed by atoms with Crippen molar-refractivity contribution in [3.05, 3.63) is 101 Å². The fraction of sp³-hybridized carbons (Fsp3) is 0.207. The topological polar surface area (TPSA) is 26.0 Å². The molecule has 0 radical (unpaired) electrons. The highest BCUT2D eigenvalue weighted by atomic mass is 16.3. The SMILES string of the molecule is [2H]C([2H])([2H])c1cnc(-c2cc(C([2H])([2H])c3ccccc3)c3oc4ccccc4c3c2)cc1C([2H])([2H])C(C)C. The second kappa shape index (κ2) is 8.03. The fourth-order valence-electron chi connectivity index (χ4n) is 3.79. The molecule has 5 rings (SSSR count). The number of benzene rings is 3. The molecule has 31 heavy (non-hydrogen) atoms. The summed E-state index contributed by atoms with van der Waals surface area (Å²) in [5.74, 6) is -0.484. The van der Waals surface area contributed by atoms with Crippen molar-refractivity contribution in [3.8, 4) is 11.3 Å². The van der Waals surface area contributed by atoms with E-state index in [-0.39, 0.29) is 11.1 Å². The molecule has 0 N–H and O–H groups in total. The first-order valence-electron chi connectivity index (χ1n) is 13.8. The molecule has 0 fully saturated rings. The highest BCUT2D eigenvalue weighted by Crippen LogP contribution is 2.36. The van der Waals surface area contributed by atoms with Crippen molar-refractivity contribution in [2.75, 3.05) is 0 Å². The highest BCUT2D eigenvalue weighted by molar-refractivity contribution is 6.07. The van der Waals surface area contributed by atoms with Crippen LogP contribution in [0.15, 0.2) is 83.4 Å². The summed E-state index contributed by atoms with van der Waals surface area (Å²) < 4.78 is 65.6. The summed E-state index contributed by atoms with van der Waals surface area (Å²) in [4.78, 5) is 4.44. The number of rotatable bonds is 5. The number of para-hydroxylation sites is 1. The molecule has 3 aromatic carbocycles. The van der Waals surface area contributed by atoms with Gasteiger partial charge < -0.3 is 4.42 Å². The summed E-state index contributed by atoms with van der Waals surface area (Å²) in [6, 6.07) is 21.3. The van der Waals surface area contributed by atoms with Crippen molar-refractivity contribution >= 4 is 21.9 Å². The summed E-state index contributed by atoms with van der Waals surface area (Å²) in [5.41, 5.74) is 2.63. The third-order valence-corrected chi connectivity index (χ3v) is 5.17. The van der Waals surface area contributed by atoms with Gasteiger partial charge in [-0.25, -0.2) is 0 Å². The number of nitrogens with zero attached hydrogens (tertiary/aromatic N) is 1. The van der Waals surface area contributed by atoms with Crippen LogP contribution in [0.2, 0.25) is 0 Å². The summed E-state index contributed by atoms with van der Waals surface area (Å²) in [7, 11) is 0. The van der Waals surface area contributed by atoms with Crippen LogP contribution in [0.1, 0.15) is 45.7 Å². The number of hydrogen-bond acceptors (Lipinski definition) is 2. The molecule has 0 aliphatic carbocycles. The number of hydrogen-bond donors (Lipinski definition) is 0. The van der Waals surface area contributed by atoms with Gasteiger partial charge >= 0.3 is 0 Å². The van der Waals surface area contributed by atoms with E-state index < -0.39 is 25.5 Å². The summed E-state index contributed by atoms with van der Waals surface area (Å²) in [6.45, 7) is 0.878. The first-order valence-corrected chi connectivity index (χ1v) is 10.3. The van der Waals surface area contributed by atoms with E-state index in [0.717, 1.165) is 5.39 Å². The predicted molar refractivity (Wildman–Crippen MR) is 129 cm³/mol. The van der Waals surface area contributed by atoms with Gasteiger partial charge in [0, 0.05) is 44.1 Å².